The quantitative estimate of drug-likeness (QED) is 0.0211. The molecule has 1 unspecified atom stereocenters. The first kappa shape index (κ1) is 69.1. The molecule has 19 nitrogen and oxygen atoms in total. The number of nitrogens with two attached hydrogens (primary N) is 4. The number of likely N-dealkylation sites (tertiary alicyclic amines) is 1. The van der Waals surface area contributed by atoms with E-state index in [2.05, 4.69) is 46.3 Å². The largest absolute Gasteiger partial charge is 0.378 e. The number of amides is 6. The number of ether oxygens (including phenoxy) is 1. The van der Waals surface area contributed by atoms with Gasteiger partial charge in [0.15, 0.2) is 0 Å². The highest BCUT2D eigenvalue weighted by Gasteiger charge is 2.55. The molecule has 1 fully saturated rings. The highest BCUT2D eigenvalue weighted by molar-refractivity contribution is 7.86. The summed E-state index contributed by atoms with van der Waals surface area (Å²) in [6, 6.07) is 16.4. The number of halogens is 1. The summed E-state index contributed by atoms with van der Waals surface area (Å²) in [6.07, 6.45) is 20.9. The zero-order chi connectivity index (χ0) is 63.2. The molecule has 4 aliphatic carbocycles. The third-order valence-corrected chi connectivity index (χ3v) is 18.9. The van der Waals surface area contributed by atoms with Crippen LogP contribution in [0.15, 0.2) is 89.0 Å². The molecule has 1 saturated heterocycles. The number of nitrogens with one attached hydrogen (secondary N) is 3. The standard InChI is InChI=1S/C67H97FN10O9S/c1-76(38-40-87-41-39-77(2)66(84)59-43-49(72)46-78(59)64(83)32-23-47-21-27-52(28-22-47)88(68,85)86)63(82)33-34-67-55-44-50(73-60(79)18-12-6-3-9-15-35-69)25-29-53(55)65(48-24-31-58(57(67)42-48)75-62(81)20-14-8-5-11-17-37-71)54-30-26-51(45-56(54)67)74-61(80)19-13-7-4-10-16-36-70/h21-22,24-31,44-45,49,57,59,65H,3-20,23,32-43,46,69-72H2,1-2H3,(H,73,79)(H,74,80)(H,75,81)/t49-,57?,59-,65?,67?/m0/s1. The predicted octanol–water partition coefficient (Wildman–Crippen LogP) is 8.09. The Morgan fingerprint density at radius 3 is 1.66 bits per heavy atom. The zero-order valence-corrected chi connectivity index (χ0v) is 52.8. The number of nitrogens with zero attached hydrogens (tertiary/aromatic N) is 3. The maximum absolute atomic E-state index is 14.7. The molecule has 4 bridgehead atoms. The monoisotopic (exact) mass is 1240 g/mol. The third-order valence-electron chi connectivity index (χ3n) is 18.1. The molecule has 6 amide bonds. The maximum Gasteiger partial charge on any atom is 0.332 e. The Morgan fingerprint density at radius 2 is 1.14 bits per heavy atom. The minimum absolute atomic E-state index is 0.0421. The smallest absolute Gasteiger partial charge is 0.332 e. The summed E-state index contributed by atoms with van der Waals surface area (Å²) in [5, 5.41) is 9.81. The van der Waals surface area contributed by atoms with Crippen molar-refractivity contribution in [2.45, 2.75) is 182 Å². The number of allylic oxidation sites excluding steroid dienone is 4. The number of carbonyl (C=O) groups is 6. The molecule has 1 heterocycles. The van der Waals surface area contributed by atoms with Gasteiger partial charge in [-0.05, 0) is 154 Å². The summed E-state index contributed by atoms with van der Waals surface area (Å²) in [4.78, 5) is 87.6. The van der Waals surface area contributed by atoms with Gasteiger partial charge in [0, 0.05) is 106 Å². The molecule has 5 aliphatic rings. The number of rotatable bonds is 38. The van der Waals surface area contributed by atoms with E-state index in [1.54, 1.807) is 19.0 Å². The molecule has 3 atom stereocenters. The number of anilines is 2. The van der Waals surface area contributed by atoms with Gasteiger partial charge in [-0.3, -0.25) is 28.8 Å². The van der Waals surface area contributed by atoms with E-state index in [4.69, 9.17) is 27.7 Å². The van der Waals surface area contributed by atoms with Crippen LogP contribution in [-0.2, 0) is 55.6 Å². The average molecular weight is 1240 g/mol. The van der Waals surface area contributed by atoms with E-state index in [0.29, 0.717) is 68.7 Å². The molecule has 11 N–H and O–H groups in total. The van der Waals surface area contributed by atoms with Crippen LogP contribution in [0.25, 0.3) is 0 Å². The second-order valence-electron chi connectivity index (χ2n) is 24.5. The molecule has 0 radical (unpaired) electrons. The average Bonchev–Trinajstić information content (AvgIpc) is 1.52. The number of benzene rings is 3. The summed E-state index contributed by atoms with van der Waals surface area (Å²) >= 11 is 0. The number of likely N-dealkylation sites (N-methyl/N-ethyl adjacent to an activating group) is 2. The van der Waals surface area contributed by atoms with E-state index in [1.165, 1.54) is 27.5 Å². The molecular formula is C67H97FN10O9S. The molecule has 88 heavy (non-hydrogen) atoms. The molecule has 21 heteroatoms. The highest BCUT2D eigenvalue weighted by atomic mass is 32.3. The lowest BCUT2D eigenvalue weighted by Gasteiger charge is -2.46. The Labute approximate surface area is 520 Å². The Bertz CT molecular complexity index is 2970. The number of carbonyl (C=O) groups excluding carboxylic acids is 6. The molecule has 3 aromatic carbocycles. The van der Waals surface area contributed by atoms with Gasteiger partial charge < -0.3 is 58.3 Å². The summed E-state index contributed by atoms with van der Waals surface area (Å²) in [5.74, 6) is -1.44. The molecule has 1 aliphatic heterocycles. The fraction of sp³-hybridized carbons (Fsp3) is 0.582. The van der Waals surface area contributed by atoms with Gasteiger partial charge in [0.05, 0.1) is 18.1 Å². The van der Waals surface area contributed by atoms with Gasteiger partial charge in [-0.2, -0.15) is 8.42 Å². The lowest BCUT2D eigenvalue weighted by Crippen LogP contribution is -2.47. The van der Waals surface area contributed by atoms with Gasteiger partial charge in [-0.1, -0.05) is 93.7 Å². The topological polar surface area (TPSA) is 296 Å². The van der Waals surface area contributed by atoms with Crippen molar-refractivity contribution < 1.29 is 45.8 Å². The molecule has 3 aromatic rings. The van der Waals surface area contributed by atoms with E-state index < -0.39 is 32.6 Å². The van der Waals surface area contributed by atoms with Crippen molar-refractivity contribution in [1.29, 1.82) is 0 Å². The lowest BCUT2D eigenvalue weighted by atomic mass is 9.57. The van der Waals surface area contributed by atoms with Gasteiger partial charge >= 0.3 is 10.2 Å². The van der Waals surface area contributed by atoms with Crippen LogP contribution < -0.4 is 38.9 Å². The van der Waals surface area contributed by atoms with Crippen molar-refractivity contribution in [2.75, 3.05) is 77.2 Å². The van der Waals surface area contributed by atoms with Crippen LogP contribution in [0.1, 0.15) is 181 Å². The van der Waals surface area contributed by atoms with E-state index in [0.717, 1.165) is 136 Å². The molecule has 0 saturated carbocycles. The minimum Gasteiger partial charge on any atom is -0.378 e. The third kappa shape index (κ3) is 18.9. The first-order valence-electron chi connectivity index (χ1n) is 32.2. The molecule has 0 spiro atoms. The van der Waals surface area contributed by atoms with Crippen LogP contribution in [0, 0.1) is 5.92 Å². The fourth-order valence-corrected chi connectivity index (χ4v) is 13.7. The normalized spacial score (nSPS) is 19.0. The van der Waals surface area contributed by atoms with Crippen molar-refractivity contribution in [3.8, 4) is 0 Å². The summed E-state index contributed by atoms with van der Waals surface area (Å²) in [5.41, 5.74) is 30.5. The van der Waals surface area contributed by atoms with Crippen molar-refractivity contribution in [2.24, 2.45) is 28.9 Å². The molecule has 0 aromatic heterocycles. The second-order valence-corrected chi connectivity index (χ2v) is 25.9. The Hall–Kier alpha value is -6.36. The first-order valence-corrected chi connectivity index (χ1v) is 33.6. The Balaban J connectivity index is 1.08. The van der Waals surface area contributed by atoms with Gasteiger partial charge in [0.2, 0.25) is 35.4 Å². The molecule has 8 rings (SSSR count). The number of hydrogen-bond acceptors (Lipinski definition) is 13. The van der Waals surface area contributed by atoms with Gasteiger partial charge in [-0.15, -0.1) is 3.89 Å². The summed E-state index contributed by atoms with van der Waals surface area (Å²) in [7, 11) is -1.47. The lowest BCUT2D eigenvalue weighted by molar-refractivity contribution is -0.143. The van der Waals surface area contributed by atoms with Crippen LogP contribution in [0.4, 0.5) is 15.3 Å². The van der Waals surface area contributed by atoms with E-state index in [9.17, 15) is 41.1 Å². The predicted molar refractivity (Wildman–Crippen MR) is 342 cm³/mol. The summed E-state index contributed by atoms with van der Waals surface area (Å²) < 4.78 is 42.0. The van der Waals surface area contributed by atoms with E-state index >= 15 is 0 Å². The van der Waals surface area contributed by atoms with Crippen molar-refractivity contribution in [3.63, 3.8) is 0 Å². The number of aryl methyl sites for hydroxylation is 1. The SMILES string of the molecule is CN(CCOCCN(C)C(=O)[C@@H]1C[C@H](N)CN1C(=O)CCc1ccc(S(=O)(=O)F)cc1)C(=O)CCC12c3cc(NC(=O)CCCCCCCN)ccc3C(C3=CC=C(NC(=O)CCCCCCCN)C1C3)c1ccc(NC(=O)CCCCCCCN)cc12. The number of unbranched alkanes of at least 4 members (excludes halogenated alkanes) is 12. The van der Waals surface area contributed by atoms with Crippen LogP contribution in [0.2, 0.25) is 0 Å². The van der Waals surface area contributed by atoms with Crippen LogP contribution >= 0.6 is 0 Å². The van der Waals surface area contributed by atoms with Crippen LogP contribution in [0.5, 0.6) is 0 Å². The Morgan fingerprint density at radius 1 is 0.636 bits per heavy atom. The summed E-state index contributed by atoms with van der Waals surface area (Å²) in [6.45, 7) is 2.95. The van der Waals surface area contributed by atoms with E-state index in [1.807, 2.05) is 18.2 Å². The highest BCUT2D eigenvalue weighted by Crippen LogP contribution is 2.63. The zero-order valence-electron chi connectivity index (χ0n) is 52.0. The second kappa shape index (κ2) is 34.0. The molecule has 482 valence electrons. The van der Waals surface area contributed by atoms with Gasteiger partial charge in [0.1, 0.15) is 6.04 Å². The van der Waals surface area contributed by atoms with E-state index in [-0.39, 0.29) is 106 Å². The maximum atomic E-state index is 14.7. The number of hydrogen-bond donors (Lipinski definition) is 7. The van der Waals surface area contributed by atoms with Crippen LogP contribution in [0.3, 0.4) is 0 Å². The van der Waals surface area contributed by atoms with Crippen molar-refractivity contribution in [1.82, 2.24) is 20.0 Å². The van der Waals surface area contributed by atoms with Crippen LogP contribution in [-0.4, -0.2) is 137 Å². The minimum atomic E-state index is -4.85. The van der Waals surface area contributed by atoms with Gasteiger partial charge in [0.25, 0.3) is 0 Å². The molecular weight excluding hydrogens is 1140 g/mol. The Kier molecular flexibility index (Phi) is 26.7. The first-order chi connectivity index (χ1) is 42.4. The van der Waals surface area contributed by atoms with Crippen molar-refractivity contribution >= 4 is 57.0 Å². The van der Waals surface area contributed by atoms with Gasteiger partial charge in [-0.25, -0.2) is 0 Å². The fourth-order valence-electron chi connectivity index (χ4n) is 13.2. The van der Waals surface area contributed by atoms with Crippen molar-refractivity contribution in [3.05, 3.63) is 112 Å².